The molecular formula is C12H11N3O5S. The van der Waals surface area contributed by atoms with Crippen LogP contribution in [0.2, 0.25) is 0 Å². The van der Waals surface area contributed by atoms with E-state index in [4.69, 9.17) is 4.74 Å². The lowest BCUT2D eigenvalue weighted by Gasteiger charge is -2.19. The Bertz CT molecular complexity index is 748. The van der Waals surface area contributed by atoms with Crippen LogP contribution in [0.1, 0.15) is 0 Å². The van der Waals surface area contributed by atoms with Crippen LogP contribution in [-0.4, -0.2) is 36.7 Å². The van der Waals surface area contributed by atoms with Crippen molar-refractivity contribution in [2.75, 3.05) is 11.4 Å². The number of amides is 1. The van der Waals surface area contributed by atoms with Gasteiger partial charge in [0.25, 0.3) is 15.9 Å². The van der Waals surface area contributed by atoms with Gasteiger partial charge in [-0.3, -0.25) is 0 Å². The third-order valence-electron chi connectivity index (χ3n) is 2.48. The molecule has 0 saturated carbocycles. The fourth-order valence-corrected chi connectivity index (χ4v) is 2.96. The van der Waals surface area contributed by atoms with E-state index in [-0.39, 0.29) is 15.9 Å². The molecule has 0 bridgehead atoms. The Balaban J connectivity index is 2.62. The van der Waals surface area contributed by atoms with Gasteiger partial charge in [0.05, 0.1) is 12.8 Å². The quantitative estimate of drug-likeness (QED) is 0.907. The van der Waals surface area contributed by atoms with E-state index >= 15 is 0 Å². The summed E-state index contributed by atoms with van der Waals surface area (Å²) in [5.74, 6) is -0.278. The van der Waals surface area contributed by atoms with Crippen molar-refractivity contribution in [3.05, 3.63) is 42.7 Å². The molecule has 0 radical (unpaired) electrons. The molecule has 1 amide bonds. The highest BCUT2D eigenvalue weighted by Crippen LogP contribution is 2.26. The summed E-state index contributed by atoms with van der Waals surface area (Å²) in [4.78, 5) is 18.8. The van der Waals surface area contributed by atoms with Gasteiger partial charge in [0.1, 0.15) is 0 Å². The molecule has 0 fully saturated rings. The van der Waals surface area contributed by atoms with Gasteiger partial charge in [-0.25, -0.2) is 14.8 Å². The predicted molar refractivity (Wildman–Crippen MR) is 72.7 cm³/mol. The molecule has 0 saturated heterocycles. The molecule has 1 aromatic carbocycles. The van der Waals surface area contributed by atoms with Crippen molar-refractivity contribution in [2.45, 2.75) is 5.03 Å². The number of anilines is 1. The van der Waals surface area contributed by atoms with Gasteiger partial charge < -0.3 is 9.84 Å². The van der Waals surface area contributed by atoms with Gasteiger partial charge in [0, 0.05) is 12.4 Å². The third-order valence-corrected chi connectivity index (χ3v) is 4.09. The Morgan fingerprint density at radius 1 is 1.19 bits per heavy atom. The monoisotopic (exact) mass is 309 g/mol. The fraction of sp³-hybridized carbons (Fsp3) is 0.0833. The van der Waals surface area contributed by atoms with Crippen molar-refractivity contribution in [1.82, 2.24) is 9.97 Å². The predicted octanol–water partition coefficient (Wildman–Crippen LogP) is 1.36. The van der Waals surface area contributed by atoms with E-state index in [0.717, 1.165) is 6.20 Å². The summed E-state index contributed by atoms with van der Waals surface area (Å²) in [5.41, 5.74) is -0.0299. The maximum Gasteiger partial charge on any atom is 0.426 e. The molecule has 0 aliphatic heterocycles. The second-order valence-corrected chi connectivity index (χ2v) is 5.46. The van der Waals surface area contributed by atoms with Gasteiger partial charge in [0.15, 0.2) is 0 Å². The second kappa shape index (κ2) is 5.75. The first-order valence-corrected chi connectivity index (χ1v) is 7.11. The highest BCUT2D eigenvalue weighted by molar-refractivity contribution is 7.93. The first kappa shape index (κ1) is 14.7. The summed E-state index contributed by atoms with van der Waals surface area (Å²) >= 11 is 0. The minimum Gasteiger partial charge on any atom is -0.479 e. The molecule has 21 heavy (non-hydrogen) atoms. The van der Waals surface area contributed by atoms with Gasteiger partial charge in [-0.15, -0.1) is 0 Å². The van der Waals surface area contributed by atoms with Crippen LogP contribution in [0.4, 0.5) is 10.5 Å². The van der Waals surface area contributed by atoms with Crippen LogP contribution in [0.15, 0.2) is 47.8 Å². The average molecular weight is 309 g/mol. The van der Waals surface area contributed by atoms with Crippen molar-refractivity contribution in [3.8, 4) is 5.88 Å². The number of carboxylic acid groups (broad SMARTS) is 1. The van der Waals surface area contributed by atoms with Crippen molar-refractivity contribution in [2.24, 2.45) is 0 Å². The van der Waals surface area contributed by atoms with E-state index in [0.29, 0.717) is 0 Å². The number of carbonyl (C=O) groups is 1. The Hall–Kier alpha value is -2.68. The number of ether oxygens (including phenoxy) is 1. The molecule has 2 aromatic rings. The highest BCUT2D eigenvalue weighted by Gasteiger charge is 2.35. The zero-order valence-corrected chi connectivity index (χ0v) is 11.7. The summed E-state index contributed by atoms with van der Waals surface area (Å²) < 4.78 is 30.1. The lowest BCUT2D eigenvalue weighted by atomic mass is 10.3. The SMILES string of the molecule is COc1nccnc1S(=O)(=O)N(C(=O)O)c1ccccc1. The van der Waals surface area contributed by atoms with Crippen molar-refractivity contribution in [1.29, 1.82) is 0 Å². The summed E-state index contributed by atoms with van der Waals surface area (Å²) in [6, 6.07) is 7.39. The molecule has 2 rings (SSSR count). The van der Waals surface area contributed by atoms with Gasteiger partial charge >= 0.3 is 6.09 Å². The minimum atomic E-state index is -4.46. The lowest BCUT2D eigenvalue weighted by Crippen LogP contribution is -2.36. The number of rotatable bonds is 4. The normalized spacial score (nSPS) is 10.9. The number of sulfonamides is 1. The smallest absolute Gasteiger partial charge is 0.426 e. The average Bonchev–Trinajstić information content (AvgIpc) is 2.47. The zero-order valence-electron chi connectivity index (χ0n) is 10.9. The number of para-hydroxylation sites is 1. The standard InChI is InChI=1S/C12H11N3O5S/c1-20-10-11(14-8-7-13-10)21(18,19)15(12(16)17)9-5-3-2-4-6-9/h2-8H,1H3,(H,16,17). The first-order chi connectivity index (χ1) is 9.98. The molecule has 8 nitrogen and oxygen atoms in total. The number of hydrogen-bond acceptors (Lipinski definition) is 6. The van der Waals surface area contributed by atoms with E-state index < -0.39 is 21.1 Å². The second-order valence-electron chi connectivity index (χ2n) is 3.76. The number of benzene rings is 1. The van der Waals surface area contributed by atoms with E-state index in [9.17, 15) is 18.3 Å². The van der Waals surface area contributed by atoms with Crippen LogP contribution < -0.4 is 9.04 Å². The Kier molecular flexibility index (Phi) is 4.03. The summed E-state index contributed by atoms with van der Waals surface area (Å²) in [6.45, 7) is 0. The topological polar surface area (TPSA) is 110 Å². The van der Waals surface area contributed by atoms with Crippen LogP contribution in [0.5, 0.6) is 5.88 Å². The Morgan fingerprint density at radius 3 is 2.38 bits per heavy atom. The van der Waals surface area contributed by atoms with Crippen LogP contribution in [-0.2, 0) is 10.0 Å². The lowest BCUT2D eigenvalue weighted by molar-refractivity contribution is 0.206. The molecule has 0 unspecified atom stereocenters. The summed E-state index contributed by atoms with van der Waals surface area (Å²) in [7, 11) is -3.24. The highest BCUT2D eigenvalue weighted by atomic mass is 32.2. The first-order valence-electron chi connectivity index (χ1n) is 5.66. The maximum absolute atomic E-state index is 12.5. The largest absolute Gasteiger partial charge is 0.479 e. The van der Waals surface area contributed by atoms with Crippen LogP contribution >= 0.6 is 0 Å². The number of nitrogens with zero attached hydrogens (tertiary/aromatic N) is 3. The zero-order chi connectivity index (χ0) is 15.5. The molecular weight excluding hydrogens is 298 g/mol. The van der Waals surface area contributed by atoms with E-state index in [1.165, 1.54) is 37.6 Å². The molecule has 1 heterocycles. The van der Waals surface area contributed by atoms with Gasteiger partial charge in [-0.1, -0.05) is 18.2 Å². The fourth-order valence-electron chi connectivity index (χ4n) is 1.63. The van der Waals surface area contributed by atoms with Crippen molar-refractivity contribution < 1.29 is 23.1 Å². The molecule has 0 aliphatic carbocycles. The van der Waals surface area contributed by atoms with Crippen molar-refractivity contribution >= 4 is 21.8 Å². The van der Waals surface area contributed by atoms with Gasteiger partial charge in [-0.05, 0) is 12.1 Å². The Morgan fingerprint density at radius 2 is 1.81 bits per heavy atom. The summed E-state index contributed by atoms with van der Waals surface area (Å²) in [6.07, 6.45) is 0.722. The molecule has 0 aliphatic rings. The van der Waals surface area contributed by atoms with Crippen LogP contribution in [0.3, 0.4) is 0 Å². The molecule has 0 spiro atoms. The van der Waals surface area contributed by atoms with E-state index in [1.54, 1.807) is 6.07 Å². The molecule has 110 valence electrons. The van der Waals surface area contributed by atoms with Gasteiger partial charge in [0.2, 0.25) is 5.03 Å². The molecule has 9 heteroatoms. The van der Waals surface area contributed by atoms with Crippen molar-refractivity contribution in [3.63, 3.8) is 0 Å². The Labute approximate surface area is 120 Å². The number of hydrogen-bond donors (Lipinski definition) is 1. The number of methoxy groups -OCH3 is 1. The van der Waals surface area contributed by atoms with E-state index in [2.05, 4.69) is 9.97 Å². The third kappa shape index (κ3) is 2.77. The van der Waals surface area contributed by atoms with Gasteiger partial charge in [-0.2, -0.15) is 12.7 Å². The van der Waals surface area contributed by atoms with Crippen LogP contribution in [0.25, 0.3) is 0 Å². The molecule has 0 atom stereocenters. The number of aromatic nitrogens is 2. The molecule has 1 N–H and O–H groups in total. The summed E-state index contributed by atoms with van der Waals surface area (Å²) in [5, 5.41) is 8.67. The molecule has 1 aromatic heterocycles. The van der Waals surface area contributed by atoms with E-state index in [1.807, 2.05) is 0 Å². The van der Waals surface area contributed by atoms with Crippen LogP contribution in [0, 0.1) is 0 Å². The minimum absolute atomic E-state index is 0.0299. The maximum atomic E-state index is 12.5.